The van der Waals surface area contributed by atoms with Crippen LogP contribution in [0.2, 0.25) is 0 Å². The van der Waals surface area contributed by atoms with Crippen molar-refractivity contribution in [3.63, 3.8) is 0 Å². The molecule has 0 radical (unpaired) electrons. The van der Waals surface area contributed by atoms with Gasteiger partial charge in [-0.25, -0.2) is 4.79 Å². The van der Waals surface area contributed by atoms with Crippen LogP contribution >= 0.6 is 0 Å². The topological polar surface area (TPSA) is 49.8 Å². The average Bonchev–Trinajstić information content (AvgIpc) is 2.86. The van der Waals surface area contributed by atoms with Gasteiger partial charge in [-0.1, -0.05) is 19.3 Å². The summed E-state index contributed by atoms with van der Waals surface area (Å²) in [5.74, 6) is 0.665. The Bertz CT molecular complexity index is 331. The minimum atomic E-state index is -0.447. The molecule has 0 aromatic rings. The fourth-order valence-corrected chi connectivity index (χ4v) is 3.42. The molecule has 20 heavy (non-hydrogen) atoms. The fraction of sp³-hybridized carbons (Fsp3) is 0.938. The van der Waals surface area contributed by atoms with E-state index in [0.717, 1.165) is 19.3 Å². The molecular formula is C16H29NO3. The van der Waals surface area contributed by atoms with Gasteiger partial charge in [-0.05, 0) is 46.0 Å². The normalized spacial score (nSPS) is 26.6. The first-order valence-corrected chi connectivity index (χ1v) is 8.03. The van der Waals surface area contributed by atoms with Crippen molar-refractivity contribution in [3.8, 4) is 0 Å². The number of hydrogen-bond donors (Lipinski definition) is 1. The third kappa shape index (κ3) is 4.11. The van der Waals surface area contributed by atoms with Gasteiger partial charge in [-0.2, -0.15) is 0 Å². The molecule has 0 bridgehead atoms. The third-order valence-corrected chi connectivity index (χ3v) is 4.49. The van der Waals surface area contributed by atoms with Gasteiger partial charge < -0.3 is 14.7 Å². The van der Waals surface area contributed by atoms with Crippen molar-refractivity contribution in [3.05, 3.63) is 0 Å². The second-order valence-corrected chi connectivity index (χ2v) is 7.36. The van der Waals surface area contributed by atoms with Crippen LogP contribution in [0, 0.1) is 11.8 Å². The molecule has 1 amide bonds. The Labute approximate surface area is 122 Å². The molecule has 1 aliphatic carbocycles. The van der Waals surface area contributed by atoms with Crippen LogP contribution in [0.3, 0.4) is 0 Å². The van der Waals surface area contributed by atoms with Crippen LogP contribution in [-0.2, 0) is 4.74 Å². The number of likely N-dealkylation sites (tertiary alicyclic amines) is 1. The maximum Gasteiger partial charge on any atom is 0.410 e. The summed E-state index contributed by atoms with van der Waals surface area (Å²) in [6, 6.07) is 0. The van der Waals surface area contributed by atoms with Gasteiger partial charge >= 0.3 is 6.09 Å². The summed E-state index contributed by atoms with van der Waals surface area (Å²) >= 11 is 0. The van der Waals surface area contributed by atoms with Gasteiger partial charge in [0.15, 0.2) is 0 Å². The van der Waals surface area contributed by atoms with Gasteiger partial charge in [0.25, 0.3) is 0 Å². The van der Waals surface area contributed by atoms with Crippen LogP contribution < -0.4 is 0 Å². The Morgan fingerprint density at radius 3 is 2.40 bits per heavy atom. The van der Waals surface area contributed by atoms with Gasteiger partial charge in [0, 0.05) is 19.0 Å². The van der Waals surface area contributed by atoms with Crippen LogP contribution in [-0.4, -0.2) is 40.9 Å². The van der Waals surface area contributed by atoms with E-state index in [1.807, 2.05) is 20.8 Å². The molecule has 1 saturated carbocycles. The minimum Gasteiger partial charge on any atom is -0.444 e. The maximum absolute atomic E-state index is 12.0. The van der Waals surface area contributed by atoms with Crippen molar-refractivity contribution in [2.75, 3.05) is 13.1 Å². The molecule has 0 aromatic heterocycles. The number of carbonyl (C=O) groups is 1. The van der Waals surface area contributed by atoms with Crippen LogP contribution in [0.4, 0.5) is 4.79 Å². The Hall–Kier alpha value is -0.770. The zero-order valence-electron chi connectivity index (χ0n) is 13.1. The smallest absolute Gasteiger partial charge is 0.410 e. The molecule has 0 unspecified atom stereocenters. The summed E-state index contributed by atoms with van der Waals surface area (Å²) in [4.78, 5) is 13.8. The molecule has 0 aromatic carbocycles. The lowest BCUT2D eigenvalue weighted by Crippen LogP contribution is -2.37. The first-order chi connectivity index (χ1) is 9.37. The number of nitrogens with zero attached hydrogens (tertiary/aromatic N) is 1. The van der Waals surface area contributed by atoms with Crippen LogP contribution in [0.1, 0.15) is 59.3 Å². The molecule has 116 valence electrons. The molecule has 1 saturated heterocycles. The van der Waals surface area contributed by atoms with Crippen molar-refractivity contribution in [2.24, 2.45) is 11.8 Å². The summed E-state index contributed by atoms with van der Waals surface area (Å²) in [7, 11) is 0. The van der Waals surface area contributed by atoms with Gasteiger partial charge in [-0.15, -0.1) is 0 Å². The highest BCUT2D eigenvalue weighted by Crippen LogP contribution is 2.33. The lowest BCUT2D eigenvalue weighted by atomic mass is 9.80. The van der Waals surface area contributed by atoms with Crippen LogP contribution in [0.5, 0.6) is 0 Å². The Morgan fingerprint density at radius 2 is 1.80 bits per heavy atom. The summed E-state index contributed by atoms with van der Waals surface area (Å²) in [5, 5.41) is 10.5. The minimum absolute atomic E-state index is 0.227. The summed E-state index contributed by atoms with van der Waals surface area (Å²) in [5.41, 5.74) is -0.447. The molecular weight excluding hydrogens is 254 g/mol. The van der Waals surface area contributed by atoms with E-state index in [-0.39, 0.29) is 18.1 Å². The summed E-state index contributed by atoms with van der Waals surface area (Å²) < 4.78 is 5.40. The number of hydrogen-bond acceptors (Lipinski definition) is 3. The lowest BCUT2D eigenvalue weighted by molar-refractivity contribution is 0.0194. The first kappa shape index (κ1) is 15.6. The van der Waals surface area contributed by atoms with Crippen molar-refractivity contribution in [2.45, 2.75) is 71.0 Å². The molecule has 2 aliphatic rings. The number of aliphatic hydroxyl groups is 1. The van der Waals surface area contributed by atoms with E-state index >= 15 is 0 Å². The highest BCUT2D eigenvalue weighted by Gasteiger charge is 2.36. The van der Waals surface area contributed by atoms with Gasteiger partial charge in [0.1, 0.15) is 5.60 Å². The van der Waals surface area contributed by atoms with Crippen molar-refractivity contribution >= 4 is 6.09 Å². The zero-order valence-corrected chi connectivity index (χ0v) is 13.1. The molecule has 1 N–H and O–H groups in total. The van der Waals surface area contributed by atoms with E-state index in [9.17, 15) is 9.90 Å². The van der Waals surface area contributed by atoms with E-state index in [4.69, 9.17) is 4.74 Å². The van der Waals surface area contributed by atoms with E-state index in [1.54, 1.807) is 4.90 Å². The second-order valence-electron chi connectivity index (χ2n) is 7.36. The highest BCUT2D eigenvalue weighted by molar-refractivity contribution is 5.68. The fourth-order valence-electron chi connectivity index (χ4n) is 3.42. The van der Waals surface area contributed by atoms with E-state index in [1.165, 1.54) is 19.3 Å². The highest BCUT2D eigenvalue weighted by atomic mass is 16.6. The van der Waals surface area contributed by atoms with Crippen LogP contribution in [0.15, 0.2) is 0 Å². The molecule has 4 heteroatoms. The standard InChI is InChI=1S/C16H29NO3/c1-16(2,3)20-15(19)17-10-9-13(11-17)14(18)12-7-5-4-6-8-12/h12-14,18H,4-11H2,1-3H3/t13-,14+/m0/s1. The largest absolute Gasteiger partial charge is 0.444 e. The van der Waals surface area contributed by atoms with E-state index in [2.05, 4.69) is 0 Å². The molecule has 1 heterocycles. The molecule has 2 fully saturated rings. The third-order valence-electron chi connectivity index (χ3n) is 4.49. The average molecular weight is 283 g/mol. The monoisotopic (exact) mass is 283 g/mol. The van der Waals surface area contributed by atoms with Crippen molar-refractivity contribution in [1.29, 1.82) is 0 Å². The predicted octanol–water partition coefficient (Wildman–Crippen LogP) is 3.18. The molecule has 2 atom stereocenters. The Kier molecular flexibility index (Phi) is 4.95. The molecule has 1 aliphatic heterocycles. The Morgan fingerprint density at radius 1 is 1.15 bits per heavy atom. The maximum atomic E-state index is 12.0. The number of amides is 1. The molecule has 0 spiro atoms. The summed E-state index contributed by atoms with van der Waals surface area (Å²) in [6.07, 6.45) is 6.48. The van der Waals surface area contributed by atoms with Gasteiger partial charge in [-0.3, -0.25) is 0 Å². The van der Waals surface area contributed by atoms with Crippen molar-refractivity contribution < 1.29 is 14.6 Å². The molecule has 2 rings (SSSR count). The van der Waals surface area contributed by atoms with E-state index in [0.29, 0.717) is 19.0 Å². The van der Waals surface area contributed by atoms with E-state index < -0.39 is 5.60 Å². The number of rotatable bonds is 2. The Balaban J connectivity index is 1.83. The SMILES string of the molecule is CC(C)(C)OC(=O)N1CC[C@H]([C@H](O)C2CCCCC2)C1. The number of ether oxygens (including phenoxy) is 1. The number of carbonyl (C=O) groups excluding carboxylic acids is 1. The second kappa shape index (κ2) is 6.33. The van der Waals surface area contributed by atoms with Gasteiger partial charge in [0.05, 0.1) is 6.10 Å². The first-order valence-electron chi connectivity index (χ1n) is 8.03. The quantitative estimate of drug-likeness (QED) is 0.846. The summed E-state index contributed by atoms with van der Waals surface area (Å²) in [6.45, 7) is 7.01. The van der Waals surface area contributed by atoms with Crippen molar-refractivity contribution in [1.82, 2.24) is 4.90 Å². The molecule has 4 nitrogen and oxygen atoms in total. The zero-order chi connectivity index (χ0) is 14.8. The van der Waals surface area contributed by atoms with Gasteiger partial charge in [0.2, 0.25) is 0 Å². The number of aliphatic hydroxyl groups excluding tert-OH is 1. The lowest BCUT2D eigenvalue weighted by Gasteiger charge is -2.30. The predicted molar refractivity (Wildman–Crippen MR) is 78.5 cm³/mol. The van der Waals surface area contributed by atoms with Crippen LogP contribution in [0.25, 0.3) is 0 Å².